The molecule has 0 spiro atoms. The van der Waals surface area contributed by atoms with Gasteiger partial charge in [0.2, 0.25) is 0 Å². The third-order valence-electron chi connectivity index (χ3n) is 4.77. The maximum atomic E-state index is 6.02. The maximum absolute atomic E-state index is 6.02. The van der Waals surface area contributed by atoms with E-state index >= 15 is 0 Å². The molecule has 0 fully saturated rings. The highest BCUT2D eigenvalue weighted by atomic mass is 35.5. The first-order valence-electron chi connectivity index (χ1n) is 9.83. The molecule has 0 aliphatic carbocycles. The van der Waals surface area contributed by atoms with Crippen molar-refractivity contribution in [3.63, 3.8) is 0 Å². The molecule has 0 saturated carbocycles. The highest BCUT2D eigenvalue weighted by Gasteiger charge is 2.12. The fraction of sp³-hybridized carbons (Fsp3) is 0.208. The molecule has 4 aromatic rings. The van der Waals surface area contributed by atoms with Gasteiger partial charge in [-0.25, -0.2) is 4.98 Å². The molecule has 0 aliphatic heterocycles. The number of rotatable bonds is 9. The molecule has 0 saturated heterocycles. The Balaban J connectivity index is 1.45. The van der Waals surface area contributed by atoms with Crippen molar-refractivity contribution >= 4 is 22.6 Å². The van der Waals surface area contributed by atoms with E-state index in [-0.39, 0.29) is 0 Å². The van der Waals surface area contributed by atoms with Crippen LogP contribution in [0.25, 0.3) is 11.0 Å². The van der Waals surface area contributed by atoms with Gasteiger partial charge in [-0.2, -0.15) is 0 Å². The molecule has 0 amide bonds. The number of imidazole rings is 1. The van der Waals surface area contributed by atoms with Crippen LogP contribution < -0.4 is 14.2 Å². The van der Waals surface area contributed by atoms with Crippen molar-refractivity contribution in [2.24, 2.45) is 0 Å². The molecule has 0 atom stereocenters. The number of benzene rings is 3. The van der Waals surface area contributed by atoms with Gasteiger partial charge in [-0.15, -0.1) is 0 Å². The standard InChI is InChI=1S/C24H23ClN2O3/c1-28-22-9-4-5-10-23(22)30-17-24-26-20-7-2-3-8-21(20)27(24)15-6-16-29-19-13-11-18(25)12-14-19/h2-5,7-14H,6,15-17H2,1H3. The van der Waals surface area contributed by atoms with Crippen LogP contribution in [0.1, 0.15) is 12.2 Å². The summed E-state index contributed by atoms with van der Waals surface area (Å²) in [4.78, 5) is 4.77. The summed E-state index contributed by atoms with van der Waals surface area (Å²) in [5, 5.41) is 0.701. The molecule has 30 heavy (non-hydrogen) atoms. The van der Waals surface area contributed by atoms with Gasteiger partial charge in [0.05, 0.1) is 24.8 Å². The summed E-state index contributed by atoms with van der Waals surface area (Å²) in [5.41, 5.74) is 2.04. The second-order valence-corrected chi connectivity index (χ2v) is 7.20. The third kappa shape index (κ3) is 4.69. The van der Waals surface area contributed by atoms with Gasteiger partial charge in [0.15, 0.2) is 11.5 Å². The van der Waals surface area contributed by atoms with E-state index in [1.54, 1.807) is 7.11 Å². The molecule has 5 nitrogen and oxygen atoms in total. The lowest BCUT2D eigenvalue weighted by atomic mass is 10.3. The van der Waals surface area contributed by atoms with Crippen LogP contribution in [0.2, 0.25) is 5.02 Å². The minimum atomic E-state index is 0.354. The Labute approximate surface area is 180 Å². The minimum Gasteiger partial charge on any atom is -0.494 e. The highest BCUT2D eigenvalue weighted by Crippen LogP contribution is 2.27. The number of hydrogen-bond acceptors (Lipinski definition) is 4. The summed E-state index contributed by atoms with van der Waals surface area (Å²) in [7, 11) is 1.64. The second kappa shape index (κ2) is 9.55. The van der Waals surface area contributed by atoms with Gasteiger partial charge in [0, 0.05) is 11.6 Å². The van der Waals surface area contributed by atoms with Crippen LogP contribution in [0.3, 0.4) is 0 Å². The number of hydrogen-bond donors (Lipinski definition) is 0. The van der Waals surface area contributed by atoms with Gasteiger partial charge in [0.25, 0.3) is 0 Å². The van der Waals surface area contributed by atoms with E-state index in [0.29, 0.717) is 29.7 Å². The zero-order valence-electron chi connectivity index (χ0n) is 16.8. The minimum absolute atomic E-state index is 0.354. The largest absolute Gasteiger partial charge is 0.494 e. The Hall–Kier alpha value is -3.18. The lowest BCUT2D eigenvalue weighted by Gasteiger charge is -2.13. The van der Waals surface area contributed by atoms with E-state index in [4.69, 9.17) is 30.8 Å². The number of aryl methyl sites for hydroxylation is 1. The van der Waals surface area contributed by atoms with E-state index in [1.165, 1.54) is 0 Å². The molecular weight excluding hydrogens is 400 g/mol. The summed E-state index contributed by atoms with van der Waals surface area (Å²) in [6.45, 7) is 1.73. The smallest absolute Gasteiger partial charge is 0.161 e. The second-order valence-electron chi connectivity index (χ2n) is 6.76. The van der Waals surface area contributed by atoms with Crippen LogP contribution in [0.5, 0.6) is 17.2 Å². The van der Waals surface area contributed by atoms with E-state index in [0.717, 1.165) is 35.6 Å². The van der Waals surface area contributed by atoms with Crippen molar-refractivity contribution in [2.75, 3.05) is 13.7 Å². The number of halogens is 1. The number of nitrogens with zero attached hydrogens (tertiary/aromatic N) is 2. The summed E-state index contributed by atoms with van der Waals surface area (Å²) >= 11 is 5.92. The average Bonchev–Trinajstić information content (AvgIpc) is 3.14. The Morgan fingerprint density at radius 2 is 1.60 bits per heavy atom. The van der Waals surface area contributed by atoms with Gasteiger partial charge in [-0.3, -0.25) is 0 Å². The molecule has 0 N–H and O–H groups in total. The first-order chi connectivity index (χ1) is 14.7. The lowest BCUT2D eigenvalue weighted by Crippen LogP contribution is -2.10. The summed E-state index contributed by atoms with van der Waals surface area (Å²) in [6, 6.07) is 23.1. The predicted octanol–water partition coefficient (Wildman–Crippen LogP) is 5.75. The van der Waals surface area contributed by atoms with Gasteiger partial charge < -0.3 is 18.8 Å². The molecule has 0 unspecified atom stereocenters. The molecule has 1 heterocycles. The summed E-state index contributed by atoms with van der Waals surface area (Å²) in [6.07, 6.45) is 0.838. The molecular formula is C24H23ClN2O3. The van der Waals surface area contributed by atoms with Crippen molar-refractivity contribution in [2.45, 2.75) is 19.6 Å². The summed E-state index contributed by atoms with van der Waals surface area (Å²) in [5.74, 6) is 3.09. The van der Waals surface area contributed by atoms with Crippen LogP contribution >= 0.6 is 11.6 Å². The van der Waals surface area contributed by atoms with E-state index < -0.39 is 0 Å². The number of ether oxygens (including phenoxy) is 3. The van der Waals surface area contributed by atoms with Crippen LogP contribution in [0, 0.1) is 0 Å². The molecule has 4 rings (SSSR count). The molecule has 0 aliphatic rings. The summed E-state index contributed by atoms with van der Waals surface area (Å²) < 4.78 is 19.4. The highest BCUT2D eigenvalue weighted by molar-refractivity contribution is 6.30. The van der Waals surface area contributed by atoms with Crippen molar-refractivity contribution in [1.82, 2.24) is 9.55 Å². The quantitative estimate of drug-likeness (QED) is 0.322. The Kier molecular flexibility index (Phi) is 6.40. The fourth-order valence-corrected chi connectivity index (χ4v) is 3.43. The maximum Gasteiger partial charge on any atom is 0.161 e. The molecule has 0 radical (unpaired) electrons. The zero-order chi connectivity index (χ0) is 20.8. The first kappa shape index (κ1) is 20.1. The number of para-hydroxylation sites is 4. The molecule has 0 bridgehead atoms. The predicted molar refractivity (Wildman–Crippen MR) is 119 cm³/mol. The normalized spacial score (nSPS) is 10.9. The molecule has 6 heteroatoms. The Bertz CT molecular complexity index is 1110. The SMILES string of the molecule is COc1ccccc1OCc1nc2ccccc2n1CCCOc1ccc(Cl)cc1. The van der Waals surface area contributed by atoms with E-state index in [1.807, 2.05) is 66.7 Å². The molecule has 3 aromatic carbocycles. The van der Waals surface area contributed by atoms with E-state index in [9.17, 15) is 0 Å². The van der Waals surface area contributed by atoms with Gasteiger partial charge in [-0.1, -0.05) is 35.9 Å². The Morgan fingerprint density at radius 3 is 2.40 bits per heavy atom. The van der Waals surface area contributed by atoms with Crippen molar-refractivity contribution < 1.29 is 14.2 Å². The molecule has 1 aromatic heterocycles. The van der Waals surface area contributed by atoms with Gasteiger partial charge >= 0.3 is 0 Å². The fourth-order valence-electron chi connectivity index (χ4n) is 3.31. The average molecular weight is 423 g/mol. The van der Waals surface area contributed by atoms with E-state index in [2.05, 4.69) is 10.6 Å². The topological polar surface area (TPSA) is 45.5 Å². The zero-order valence-corrected chi connectivity index (χ0v) is 17.5. The third-order valence-corrected chi connectivity index (χ3v) is 5.02. The lowest BCUT2D eigenvalue weighted by molar-refractivity contribution is 0.267. The molecule has 154 valence electrons. The first-order valence-corrected chi connectivity index (χ1v) is 10.2. The number of aromatic nitrogens is 2. The van der Waals surface area contributed by atoms with Crippen LogP contribution in [-0.4, -0.2) is 23.3 Å². The number of methoxy groups -OCH3 is 1. The van der Waals surface area contributed by atoms with Crippen LogP contribution in [-0.2, 0) is 13.2 Å². The van der Waals surface area contributed by atoms with Crippen molar-refractivity contribution in [3.8, 4) is 17.2 Å². The van der Waals surface area contributed by atoms with Crippen molar-refractivity contribution in [1.29, 1.82) is 0 Å². The van der Waals surface area contributed by atoms with Gasteiger partial charge in [0.1, 0.15) is 18.2 Å². The van der Waals surface area contributed by atoms with Crippen molar-refractivity contribution in [3.05, 3.63) is 83.6 Å². The van der Waals surface area contributed by atoms with Crippen LogP contribution in [0.4, 0.5) is 0 Å². The number of fused-ring (bicyclic) bond motifs is 1. The Morgan fingerprint density at radius 1 is 0.867 bits per heavy atom. The van der Waals surface area contributed by atoms with Crippen LogP contribution in [0.15, 0.2) is 72.8 Å². The monoisotopic (exact) mass is 422 g/mol. The van der Waals surface area contributed by atoms with Gasteiger partial charge in [-0.05, 0) is 55.0 Å².